The van der Waals surface area contributed by atoms with Gasteiger partial charge < -0.3 is 9.47 Å². The second kappa shape index (κ2) is 6.60. The molecule has 1 aliphatic heterocycles. The van der Waals surface area contributed by atoms with Gasteiger partial charge in [-0.3, -0.25) is 9.36 Å². The van der Waals surface area contributed by atoms with Crippen molar-refractivity contribution in [2.24, 2.45) is 0 Å². The van der Waals surface area contributed by atoms with Crippen molar-refractivity contribution in [3.05, 3.63) is 59.9 Å². The average molecular weight is 353 g/mol. The molecule has 25 heavy (non-hydrogen) atoms. The summed E-state index contributed by atoms with van der Waals surface area (Å²) >= 11 is 1.37. The summed E-state index contributed by atoms with van der Waals surface area (Å²) < 4.78 is 12.5. The Morgan fingerprint density at radius 3 is 2.76 bits per heavy atom. The summed E-state index contributed by atoms with van der Waals surface area (Å²) in [5.41, 5.74) is 1.57. The van der Waals surface area contributed by atoms with Gasteiger partial charge in [0, 0.05) is 11.3 Å². The molecule has 0 saturated carbocycles. The van der Waals surface area contributed by atoms with Gasteiger partial charge in [-0.15, -0.1) is 10.2 Å². The fraction of sp³-hybridized carbons (Fsp3) is 0.167. The van der Waals surface area contributed by atoms with Crippen LogP contribution in [0.5, 0.6) is 11.5 Å². The molecule has 1 aliphatic rings. The average Bonchev–Trinajstić information content (AvgIpc) is 3.26. The standard InChI is InChI=1S/C18H15N3O3S/c1-12-19-20-18(21(12)14-5-3-2-4-6-14)25-10-15(22)13-7-8-16-17(9-13)24-11-23-16/h2-9H,10-11H2,1H3. The van der Waals surface area contributed by atoms with Gasteiger partial charge in [0.25, 0.3) is 0 Å². The van der Waals surface area contributed by atoms with Gasteiger partial charge in [-0.05, 0) is 37.3 Å². The molecule has 3 aromatic rings. The van der Waals surface area contributed by atoms with E-state index in [0.717, 1.165) is 11.5 Å². The highest BCUT2D eigenvalue weighted by molar-refractivity contribution is 7.99. The predicted molar refractivity (Wildman–Crippen MR) is 93.7 cm³/mol. The third-order valence-electron chi connectivity index (χ3n) is 3.84. The first-order chi connectivity index (χ1) is 12.2. The van der Waals surface area contributed by atoms with E-state index in [1.165, 1.54) is 11.8 Å². The maximum absolute atomic E-state index is 12.5. The normalized spacial score (nSPS) is 12.4. The minimum absolute atomic E-state index is 0.00330. The van der Waals surface area contributed by atoms with Crippen LogP contribution in [0.1, 0.15) is 16.2 Å². The largest absolute Gasteiger partial charge is 0.454 e. The number of benzene rings is 2. The van der Waals surface area contributed by atoms with E-state index in [2.05, 4.69) is 10.2 Å². The highest BCUT2D eigenvalue weighted by Crippen LogP contribution is 2.33. The van der Waals surface area contributed by atoms with Crippen molar-refractivity contribution in [3.8, 4) is 17.2 Å². The van der Waals surface area contributed by atoms with Gasteiger partial charge in [0.1, 0.15) is 5.82 Å². The first-order valence-electron chi connectivity index (χ1n) is 7.75. The fourth-order valence-corrected chi connectivity index (χ4v) is 3.49. The summed E-state index contributed by atoms with van der Waals surface area (Å²) in [6, 6.07) is 15.1. The molecule has 0 radical (unpaired) electrons. The Morgan fingerprint density at radius 1 is 1.12 bits per heavy atom. The number of rotatable bonds is 5. The number of carbonyl (C=O) groups is 1. The van der Waals surface area contributed by atoms with Crippen LogP contribution in [0.15, 0.2) is 53.7 Å². The second-order valence-corrected chi connectivity index (χ2v) is 6.42. The first kappa shape index (κ1) is 15.7. The minimum Gasteiger partial charge on any atom is -0.454 e. The Kier molecular flexibility index (Phi) is 4.15. The molecule has 0 saturated heterocycles. The molecular formula is C18H15N3O3S. The molecule has 0 N–H and O–H groups in total. The third-order valence-corrected chi connectivity index (χ3v) is 4.77. The van der Waals surface area contributed by atoms with E-state index in [-0.39, 0.29) is 18.3 Å². The number of hydrogen-bond donors (Lipinski definition) is 0. The molecule has 126 valence electrons. The molecule has 6 nitrogen and oxygen atoms in total. The van der Waals surface area contributed by atoms with Gasteiger partial charge in [0.2, 0.25) is 6.79 Å². The molecule has 0 atom stereocenters. The third kappa shape index (κ3) is 3.10. The molecule has 1 aromatic heterocycles. The van der Waals surface area contributed by atoms with Crippen LogP contribution >= 0.6 is 11.8 Å². The van der Waals surface area contributed by atoms with E-state index in [0.29, 0.717) is 22.2 Å². The molecule has 0 aliphatic carbocycles. The van der Waals surface area contributed by atoms with Crippen molar-refractivity contribution in [1.82, 2.24) is 14.8 Å². The zero-order valence-electron chi connectivity index (χ0n) is 13.5. The Hall–Kier alpha value is -2.80. The van der Waals surface area contributed by atoms with E-state index in [1.807, 2.05) is 41.8 Å². The van der Waals surface area contributed by atoms with Crippen LogP contribution in [0.3, 0.4) is 0 Å². The van der Waals surface area contributed by atoms with Crippen LogP contribution in [0, 0.1) is 6.92 Å². The molecule has 0 unspecified atom stereocenters. The Morgan fingerprint density at radius 2 is 1.92 bits per heavy atom. The SMILES string of the molecule is Cc1nnc(SCC(=O)c2ccc3c(c2)OCO3)n1-c1ccccc1. The quantitative estimate of drug-likeness (QED) is 0.518. The van der Waals surface area contributed by atoms with Crippen LogP contribution in [0.4, 0.5) is 0 Å². The fourth-order valence-electron chi connectivity index (χ4n) is 2.59. The van der Waals surface area contributed by atoms with Crippen molar-refractivity contribution in [2.75, 3.05) is 12.5 Å². The number of hydrogen-bond acceptors (Lipinski definition) is 6. The topological polar surface area (TPSA) is 66.2 Å². The Bertz CT molecular complexity index is 925. The van der Waals surface area contributed by atoms with Crippen molar-refractivity contribution < 1.29 is 14.3 Å². The predicted octanol–water partition coefficient (Wildman–Crippen LogP) is 3.28. The van der Waals surface area contributed by atoms with Gasteiger partial charge >= 0.3 is 0 Å². The molecule has 0 amide bonds. The van der Waals surface area contributed by atoms with Crippen molar-refractivity contribution >= 4 is 17.5 Å². The molecule has 2 heterocycles. The lowest BCUT2D eigenvalue weighted by molar-refractivity contribution is 0.102. The van der Waals surface area contributed by atoms with E-state index in [1.54, 1.807) is 18.2 Å². The number of carbonyl (C=O) groups excluding carboxylic acids is 1. The molecule has 2 aromatic carbocycles. The number of nitrogens with zero attached hydrogens (tertiary/aromatic N) is 3. The second-order valence-electron chi connectivity index (χ2n) is 5.48. The number of aryl methyl sites for hydroxylation is 1. The van der Waals surface area contributed by atoms with Crippen molar-refractivity contribution in [2.45, 2.75) is 12.1 Å². The molecule has 0 fully saturated rings. The maximum atomic E-state index is 12.5. The van der Waals surface area contributed by atoms with Crippen molar-refractivity contribution in [3.63, 3.8) is 0 Å². The van der Waals surface area contributed by atoms with E-state index < -0.39 is 0 Å². The highest BCUT2D eigenvalue weighted by atomic mass is 32.2. The summed E-state index contributed by atoms with van der Waals surface area (Å²) in [4.78, 5) is 12.5. The lowest BCUT2D eigenvalue weighted by Gasteiger charge is -2.08. The Labute approximate surface area is 148 Å². The van der Waals surface area contributed by atoms with E-state index >= 15 is 0 Å². The minimum atomic E-state index is 0.00330. The molecule has 7 heteroatoms. The number of ether oxygens (including phenoxy) is 2. The zero-order valence-corrected chi connectivity index (χ0v) is 14.3. The van der Waals surface area contributed by atoms with Crippen LogP contribution in [0.25, 0.3) is 5.69 Å². The molecule has 0 bridgehead atoms. The Balaban J connectivity index is 1.51. The number of fused-ring (bicyclic) bond motifs is 1. The van der Waals surface area contributed by atoms with Gasteiger partial charge in [-0.1, -0.05) is 30.0 Å². The number of ketones is 1. The van der Waals surface area contributed by atoms with Crippen LogP contribution in [0.2, 0.25) is 0 Å². The van der Waals surface area contributed by atoms with Crippen LogP contribution in [-0.2, 0) is 0 Å². The number of thioether (sulfide) groups is 1. The lowest BCUT2D eigenvalue weighted by atomic mass is 10.1. The summed E-state index contributed by atoms with van der Waals surface area (Å²) in [5, 5.41) is 9.02. The van der Waals surface area contributed by atoms with E-state index in [9.17, 15) is 4.79 Å². The van der Waals surface area contributed by atoms with Gasteiger partial charge in [0.15, 0.2) is 22.4 Å². The highest BCUT2D eigenvalue weighted by Gasteiger charge is 2.18. The molecule has 4 rings (SSSR count). The first-order valence-corrected chi connectivity index (χ1v) is 8.74. The monoisotopic (exact) mass is 353 g/mol. The maximum Gasteiger partial charge on any atom is 0.231 e. The molecular weight excluding hydrogens is 338 g/mol. The molecule has 0 spiro atoms. The van der Waals surface area contributed by atoms with Crippen LogP contribution < -0.4 is 9.47 Å². The van der Waals surface area contributed by atoms with Crippen LogP contribution in [-0.4, -0.2) is 33.1 Å². The summed E-state index contributed by atoms with van der Waals surface area (Å²) in [6.45, 7) is 2.09. The number of aromatic nitrogens is 3. The number of para-hydroxylation sites is 1. The summed E-state index contributed by atoms with van der Waals surface area (Å²) in [7, 11) is 0. The van der Waals surface area contributed by atoms with Gasteiger partial charge in [0.05, 0.1) is 5.75 Å². The van der Waals surface area contributed by atoms with Crippen molar-refractivity contribution in [1.29, 1.82) is 0 Å². The van der Waals surface area contributed by atoms with E-state index in [4.69, 9.17) is 9.47 Å². The summed E-state index contributed by atoms with van der Waals surface area (Å²) in [6.07, 6.45) is 0. The van der Waals surface area contributed by atoms with Gasteiger partial charge in [-0.25, -0.2) is 0 Å². The number of Topliss-reactive ketones (excluding diaryl/α,β-unsaturated/α-hetero) is 1. The smallest absolute Gasteiger partial charge is 0.231 e. The lowest BCUT2D eigenvalue weighted by Crippen LogP contribution is -2.05. The van der Waals surface area contributed by atoms with Gasteiger partial charge in [-0.2, -0.15) is 0 Å². The summed E-state index contributed by atoms with van der Waals surface area (Å²) in [5.74, 6) is 2.33. The zero-order chi connectivity index (χ0) is 17.2.